The first kappa shape index (κ1) is 22.0. The zero-order valence-corrected chi connectivity index (χ0v) is 18.4. The molecule has 166 valence electrons. The van der Waals surface area contributed by atoms with E-state index in [2.05, 4.69) is 10.2 Å². The fourth-order valence-electron chi connectivity index (χ4n) is 3.99. The third kappa shape index (κ3) is 5.51. The molecular weight excluding hydrogens is 414 g/mol. The van der Waals surface area contributed by atoms with Crippen molar-refractivity contribution < 1.29 is 17.9 Å². The summed E-state index contributed by atoms with van der Waals surface area (Å²) in [5.41, 5.74) is 2.34. The Hall–Kier alpha value is -2.26. The second-order valence-electron chi connectivity index (χ2n) is 8.03. The summed E-state index contributed by atoms with van der Waals surface area (Å²) in [4.78, 5) is 15.2. The van der Waals surface area contributed by atoms with Crippen molar-refractivity contribution in [1.29, 1.82) is 0 Å². The molecule has 8 heteroatoms. The summed E-state index contributed by atoms with van der Waals surface area (Å²) in [5.74, 6) is -0.215. The van der Waals surface area contributed by atoms with Gasteiger partial charge in [0.2, 0.25) is 10.0 Å². The second kappa shape index (κ2) is 9.91. The van der Waals surface area contributed by atoms with Crippen LogP contribution in [0.3, 0.4) is 0 Å². The Morgan fingerprint density at radius 3 is 2.16 bits per heavy atom. The topological polar surface area (TPSA) is 79.0 Å². The first-order valence-corrected chi connectivity index (χ1v) is 12.3. The number of rotatable bonds is 6. The average molecular weight is 444 g/mol. The number of hydrogen-bond donors (Lipinski definition) is 1. The van der Waals surface area contributed by atoms with Gasteiger partial charge in [-0.25, -0.2) is 8.42 Å². The Balaban J connectivity index is 1.36. The van der Waals surface area contributed by atoms with Crippen LogP contribution in [0.2, 0.25) is 0 Å². The largest absolute Gasteiger partial charge is 0.379 e. The number of sulfonamides is 1. The smallest absolute Gasteiger partial charge is 0.255 e. The lowest BCUT2D eigenvalue weighted by molar-refractivity contribution is 0.0730. The van der Waals surface area contributed by atoms with E-state index in [4.69, 9.17) is 4.74 Å². The van der Waals surface area contributed by atoms with Gasteiger partial charge < -0.3 is 10.1 Å². The quantitative estimate of drug-likeness (QED) is 0.743. The van der Waals surface area contributed by atoms with Crippen molar-refractivity contribution in [1.82, 2.24) is 9.21 Å². The second-order valence-corrected chi connectivity index (χ2v) is 9.97. The molecule has 0 saturated carbocycles. The fourth-order valence-corrected chi connectivity index (χ4v) is 5.39. The number of benzene rings is 2. The highest BCUT2D eigenvalue weighted by Crippen LogP contribution is 2.20. The van der Waals surface area contributed by atoms with E-state index >= 15 is 0 Å². The van der Waals surface area contributed by atoms with E-state index in [1.807, 2.05) is 24.3 Å². The number of piperidine rings is 1. The van der Waals surface area contributed by atoms with E-state index in [9.17, 15) is 13.2 Å². The van der Waals surface area contributed by atoms with Crippen molar-refractivity contribution >= 4 is 21.6 Å². The van der Waals surface area contributed by atoms with Crippen molar-refractivity contribution in [3.8, 4) is 0 Å². The standard InChI is InChI=1S/C23H29N3O4S/c27-23(20-6-4-19(5-7-20)18-25-12-2-1-3-13-25)24-21-8-10-22(11-9-21)31(28,29)26-14-16-30-17-15-26/h4-11H,1-3,12-18H2,(H,24,27). The van der Waals surface area contributed by atoms with Crippen LogP contribution in [0.4, 0.5) is 5.69 Å². The average Bonchev–Trinajstić information content (AvgIpc) is 2.81. The number of nitrogens with zero attached hydrogens (tertiary/aromatic N) is 2. The van der Waals surface area contributed by atoms with Gasteiger partial charge in [0.25, 0.3) is 5.91 Å². The van der Waals surface area contributed by atoms with Crippen LogP contribution in [-0.2, 0) is 21.3 Å². The van der Waals surface area contributed by atoms with Gasteiger partial charge in [-0.3, -0.25) is 9.69 Å². The molecule has 0 unspecified atom stereocenters. The van der Waals surface area contributed by atoms with E-state index < -0.39 is 10.0 Å². The van der Waals surface area contributed by atoms with Crippen molar-refractivity contribution in [3.05, 3.63) is 59.7 Å². The molecule has 4 rings (SSSR count). The van der Waals surface area contributed by atoms with Gasteiger partial charge in [0, 0.05) is 30.9 Å². The van der Waals surface area contributed by atoms with Crippen LogP contribution < -0.4 is 5.32 Å². The molecule has 1 N–H and O–H groups in total. The molecule has 2 aliphatic heterocycles. The Labute approximate surface area is 184 Å². The predicted octanol–water partition coefficient (Wildman–Crippen LogP) is 2.95. The zero-order valence-electron chi connectivity index (χ0n) is 17.6. The highest BCUT2D eigenvalue weighted by Gasteiger charge is 2.26. The van der Waals surface area contributed by atoms with Crippen LogP contribution in [0.15, 0.2) is 53.4 Å². The Morgan fingerprint density at radius 2 is 1.52 bits per heavy atom. The number of carbonyl (C=O) groups is 1. The van der Waals surface area contributed by atoms with E-state index in [1.165, 1.54) is 41.3 Å². The number of hydrogen-bond acceptors (Lipinski definition) is 5. The van der Waals surface area contributed by atoms with Gasteiger partial charge >= 0.3 is 0 Å². The maximum atomic E-state index is 12.7. The highest BCUT2D eigenvalue weighted by atomic mass is 32.2. The van der Waals surface area contributed by atoms with Crippen molar-refractivity contribution in [2.75, 3.05) is 44.7 Å². The number of anilines is 1. The molecule has 0 radical (unpaired) electrons. The highest BCUT2D eigenvalue weighted by molar-refractivity contribution is 7.89. The number of ether oxygens (including phenoxy) is 1. The molecule has 7 nitrogen and oxygen atoms in total. The Bertz CT molecular complexity index is 978. The van der Waals surface area contributed by atoms with E-state index in [1.54, 1.807) is 12.1 Å². The Kier molecular flexibility index (Phi) is 7.02. The molecule has 2 fully saturated rings. The molecule has 2 saturated heterocycles. The van der Waals surface area contributed by atoms with Gasteiger partial charge in [-0.1, -0.05) is 18.6 Å². The number of likely N-dealkylation sites (tertiary alicyclic amines) is 1. The zero-order chi connectivity index (χ0) is 21.7. The van der Waals surface area contributed by atoms with Gasteiger partial charge in [-0.2, -0.15) is 4.31 Å². The first-order chi connectivity index (χ1) is 15.0. The summed E-state index contributed by atoms with van der Waals surface area (Å²) in [7, 11) is -3.54. The van der Waals surface area contributed by atoms with E-state index in [-0.39, 0.29) is 10.8 Å². The minimum atomic E-state index is -3.54. The first-order valence-electron chi connectivity index (χ1n) is 10.8. The van der Waals surface area contributed by atoms with Gasteiger partial charge in [0.05, 0.1) is 18.1 Å². The third-order valence-electron chi connectivity index (χ3n) is 5.79. The molecule has 0 spiro atoms. The lowest BCUT2D eigenvalue weighted by Gasteiger charge is -2.26. The van der Waals surface area contributed by atoms with Crippen molar-refractivity contribution in [2.45, 2.75) is 30.7 Å². The van der Waals surface area contributed by atoms with Crippen LogP contribution in [-0.4, -0.2) is 62.9 Å². The molecule has 1 amide bonds. The van der Waals surface area contributed by atoms with Gasteiger partial charge in [-0.15, -0.1) is 0 Å². The van der Waals surface area contributed by atoms with E-state index in [0.717, 1.165) is 19.6 Å². The molecule has 0 atom stereocenters. The van der Waals surface area contributed by atoms with Crippen LogP contribution in [0, 0.1) is 0 Å². The maximum absolute atomic E-state index is 12.7. The molecule has 0 aliphatic carbocycles. The fraction of sp³-hybridized carbons (Fsp3) is 0.435. The lowest BCUT2D eigenvalue weighted by atomic mass is 10.1. The molecule has 2 aromatic rings. The van der Waals surface area contributed by atoms with Crippen LogP contribution in [0.1, 0.15) is 35.2 Å². The third-order valence-corrected chi connectivity index (χ3v) is 7.70. The van der Waals surface area contributed by atoms with Crippen molar-refractivity contribution in [2.24, 2.45) is 0 Å². The monoisotopic (exact) mass is 443 g/mol. The number of amides is 1. The molecule has 0 aromatic heterocycles. The molecule has 2 heterocycles. The maximum Gasteiger partial charge on any atom is 0.255 e. The minimum absolute atomic E-state index is 0.215. The molecule has 31 heavy (non-hydrogen) atoms. The molecule has 0 bridgehead atoms. The van der Waals surface area contributed by atoms with Crippen LogP contribution >= 0.6 is 0 Å². The normalized spacial score (nSPS) is 18.6. The SMILES string of the molecule is O=C(Nc1ccc(S(=O)(=O)N2CCOCC2)cc1)c1ccc(CN2CCCCC2)cc1. The van der Waals surface area contributed by atoms with Crippen molar-refractivity contribution in [3.63, 3.8) is 0 Å². The summed E-state index contributed by atoms with van der Waals surface area (Å²) in [6, 6.07) is 14.0. The molecular formula is C23H29N3O4S. The van der Waals surface area contributed by atoms with Gasteiger partial charge in [0.15, 0.2) is 0 Å². The molecule has 2 aromatic carbocycles. The molecule has 2 aliphatic rings. The van der Waals surface area contributed by atoms with Crippen LogP contribution in [0.25, 0.3) is 0 Å². The Morgan fingerprint density at radius 1 is 0.871 bits per heavy atom. The minimum Gasteiger partial charge on any atom is -0.379 e. The summed E-state index contributed by atoms with van der Waals surface area (Å²) in [6.07, 6.45) is 3.83. The van der Waals surface area contributed by atoms with Crippen LogP contribution in [0.5, 0.6) is 0 Å². The van der Waals surface area contributed by atoms with Gasteiger partial charge in [0.1, 0.15) is 0 Å². The number of morpholine rings is 1. The number of carbonyl (C=O) groups excluding carboxylic acids is 1. The van der Waals surface area contributed by atoms with Gasteiger partial charge in [-0.05, 0) is 67.9 Å². The van der Waals surface area contributed by atoms with E-state index in [0.29, 0.717) is 37.6 Å². The summed E-state index contributed by atoms with van der Waals surface area (Å²) < 4.78 is 32.0. The summed E-state index contributed by atoms with van der Waals surface area (Å²) >= 11 is 0. The lowest BCUT2D eigenvalue weighted by Crippen LogP contribution is -2.40. The predicted molar refractivity (Wildman–Crippen MR) is 120 cm³/mol. The summed E-state index contributed by atoms with van der Waals surface area (Å²) in [6.45, 7) is 4.72. The number of nitrogens with one attached hydrogen (secondary N) is 1. The summed E-state index contributed by atoms with van der Waals surface area (Å²) in [5, 5.41) is 2.84.